The number of amides is 2. The van der Waals surface area contributed by atoms with E-state index in [1.807, 2.05) is 17.5 Å². The first kappa shape index (κ1) is 22.6. The Morgan fingerprint density at radius 1 is 1.09 bits per heavy atom. The molecule has 0 radical (unpaired) electrons. The lowest BCUT2D eigenvalue weighted by Gasteiger charge is -2.35. The van der Waals surface area contributed by atoms with E-state index < -0.39 is 17.9 Å². The van der Waals surface area contributed by atoms with E-state index in [9.17, 15) is 9.18 Å². The minimum absolute atomic E-state index is 0.222. The number of ether oxygens (including phenoxy) is 2. The van der Waals surface area contributed by atoms with E-state index in [2.05, 4.69) is 15.5 Å². The minimum Gasteiger partial charge on any atom is -0.497 e. The Labute approximate surface area is 204 Å². The maximum atomic E-state index is 14.1. The van der Waals surface area contributed by atoms with E-state index in [0.717, 1.165) is 4.88 Å². The molecule has 1 atom stereocenters. The van der Waals surface area contributed by atoms with Crippen LogP contribution in [0.1, 0.15) is 24.4 Å². The summed E-state index contributed by atoms with van der Waals surface area (Å²) >= 11 is 1.48. The van der Waals surface area contributed by atoms with Gasteiger partial charge in [0.15, 0.2) is 0 Å². The fourth-order valence-electron chi connectivity index (χ4n) is 4.03. The Balaban J connectivity index is 1.68. The molecule has 35 heavy (non-hydrogen) atoms. The molecular formula is C25H21FN4O4S. The summed E-state index contributed by atoms with van der Waals surface area (Å²) in [5.74, 6) is 1.27. The van der Waals surface area contributed by atoms with E-state index in [1.54, 1.807) is 37.3 Å². The van der Waals surface area contributed by atoms with Crippen LogP contribution in [0, 0.1) is 5.82 Å². The summed E-state index contributed by atoms with van der Waals surface area (Å²) in [5, 5.41) is 9.01. The Kier molecular flexibility index (Phi) is 5.96. The van der Waals surface area contributed by atoms with Crippen LogP contribution in [-0.4, -0.2) is 30.4 Å². The molecule has 1 unspecified atom stereocenters. The molecule has 1 aliphatic rings. The summed E-state index contributed by atoms with van der Waals surface area (Å²) in [5.41, 5.74) is 2.16. The number of allylic oxidation sites excluding steroid dienone is 1. The maximum Gasteiger partial charge on any atom is 0.327 e. The predicted molar refractivity (Wildman–Crippen MR) is 130 cm³/mol. The first-order valence-electron chi connectivity index (χ1n) is 10.7. The van der Waals surface area contributed by atoms with Gasteiger partial charge in [0.05, 0.1) is 36.4 Å². The van der Waals surface area contributed by atoms with Crippen LogP contribution in [-0.2, 0) is 0 Å². The molecule has 0 aliphatic carbocycles. The Hall–Kier alpha value is -4.18. The van der Waals surface area contributed by atoms with Gasteiger partial charge in [-0.15, -0.1) is 11.3 Å². The molecule has 0 saturated heterocycles. The highest BCUT2D eigenvalue weighted by atomic mass is 32.1. The van der Waals surface area contributed by atoms with Gasteiger partial charge in [-0.05, 0) is 36.1 Å². The Bertz CT molecular complexity index is 1390. The molecular weight excluding hydrogens is 471 g/mol. The summed E-state index contributed by atoms with van der Waals surface area (Å²) in [6.07, 6.45) is 0. The van der Waals surface area contributed by atoms with Crippen molar-refractivity contribution in [3.63, 3.8) is 0 Å². The number of rotatable bonds is 6. The van der Waals surface area contributed by atoms with Crippen molar-refractivity contribution in [1.82, 2.24) is 15.5 Å². The van der Waals surface area contributed by atoms with E-state index in [1.165, 1.54) is 42.6 Å². The molecule has 178 valence electrons. The van der Waals surface area contributed by atoms with Gasteiger partial charge < -0.3 is 19.3 Å². The molecule has 4 aromatic rings. The molecule has 0 saturated carbocycles. The second-order valence-electron chi connectivity index (χ2n) is 7.74. The largest absolute Gasteiger partial charge is 0.497 e. The molecule has 1 N–H and O–H groups in total. The van der Waals surface area contributed by atoms with Gasteiger partial charge in [-0.2, -0.15) is 4.98 Å². The van der Waals surface area contributed by atoms with Gasteiger partial charge in [-0.25, -0.2) is 9.18 Å². The van der Waals surface area contributed by atoms with E-state index in [4.69, 9.17) is 14.0 Å². The zero-order valence-electron chi connectivity index (χ0n) is 19.1. The number of benzene rings is 2. The number of aromatic nitrogens is 2. The first-order valence-corrected chi connectivity index (χ1v) is 11.5. The third-order valence-corrected chi connectivity index (χ3v) is 6.52. The number of urea groups is 1. The van der Waals surface area contributed by atoms with Gasteiger partial charge >= 0.3 is 6.03 Å². The highest BCUT2D eigenvalue weighted by Gasteiger charge is 2.37. The third-order valence-electron chi connectivity index (χ3n) is 5.66. The molecule has 2 amide bonds. The number of carbonyl (C=O) groups excluding carboxylic acids is 1. The average Bonchev–Trinajstić information content (AvgIpc) is 3.56. The van der Waals surface area contributed by atoms with Crippen molar-refractivity contribution >= 4 is 28.6 Å². The lowest BCUT2D eigenvalue weighted by Crippen LogP contribution is -2.46. The number of nitrogens with one attached hydrogen (secondary N) is 1. The van der Waals surface area contributed by atoms with Crippen molar-refractivity contribution in [1.29, 1.82) is 0 Å². The summed E-state index contributed by atoms with van der Waals surface area (Å²) in [7, 11) is 3.07. The van der Waals surface area contributed by atoms with Crippen molar-refractivity contribution < 1.29 is 23.2 Å². The van der Waals surface area contributed by atoms with Crippen molar-refractivity contribution in [2.75, 3.05) is 19.1 Å². The molecule has 0 spiro atoms. The van der Waals surface area contributed by atoms with Crippen LogP contribution in [0.4, 0.5) is 14.9 Å². The second-order valence-corrected chi connectivity index (χ2v) is 8.69. The number of halogens is 1. The lowest BCUT2D eigenvalue weighted by atomic mass is 9.94. The zero-order chi connectivity index (χ0) is 24.5. The summed E-state index contributed by atoms with van der Waals surface area (Å²) < 4.78 is 30.5. The molecule has 5 rings (SSSR count). The van der Waals surface area contributed by atoms with Crippen molar-refractivity contribution in [3.05, 3.63) is 82.9 Å². The van der Waals surface area contributed by atoms with Gasteiger partial charge in [-0.1, -0.05) is 23.4 Å². The number of nitrogens with zero attached hydrogens (tertiary/aromatic N) is 3. The quantitative estimate of drug-likeness (QED) is 0.374. The highest BCUT2D eigenvalue weighted by molar-refractivity contribution is 7.13. The smallest absolute Gasteiger partial charge is 0.327 e. The van der Waals surface area contributed by atoms with E-state index >= 15 is 0 Å². The van der Waals surface area contributed by atoms with Gasteiger partial charge in [-0.3, -0.25) is 4.90 Å². The number of hydrogen-bond acceptors (Lipinski definition) is 7. The predicted octanol–water partition coefficient (Wildman–Crippen LogP) is 5.66. The molecule has 1 aliphatic heterocycles. The highest BCUT2D eigenvalue weighted by Crippen LogP contribution is 2.41. The Morgan fingerprint density at radius 2 is 1.86 bits per heavy atom. The molecule has 8 nitrogen and oxygen atoms in total. The van der Waals surface area contributed by atoms with E-state index in [-0.39, 0.29) is 5.89 Å². The number of thiophene rings is 1. The molecule has 0 fully saturated rings. The fourth-order valence-corrected chi connectivity index (χ4v) is 4.68. The molecule has 2 aromatic carbocycles. The monoisotopic (exact) mass is 492 g/mol. The average molecular weight is 493 g/mol. The van der Waals surface area contributed by atoms with Gasteiger partial charge in [0.25, 0.3) is 5.89 Å². The van der Waals surface area contributed by atoms with Gasteiger partial charge in [0, 0.05) is 23.9 Å². The zero-order valence-corrected chi connectivity index (χ0v) is 19.9. The second kappa shape index (κ2) is 9.22. The SMILES string of the molecule is COc1cc(OC)cc(N2C(=O)NC(c3cccc(F)c3)C(c3nc(-c4cccs4)no3)=C2C)c1. The van der Waals surface area contributed by atoms with E-state index in [0.29, 0.717) is 39.8 Å². The van der Waals surface area contributed by atoms with Crippen molar-refractivity contribution in [2.45, 2.75) is 13.0 Å². The van der Waals surface area contributed by atoms with Crippen LogP contribution < -0.4 is 19.7 Å². The molecule has 3 heterocycles. The van der Waals surface area contributed by atoms with Crippen LogP contribution in [0.3, 0.4) is 0 Å². The number of hydrogen-bond donors (Lipinski definition) is 1. The maximum absolute atomic E-state index is 14.1. The van der Waals surface area contributed by atoms with Crippen LogP contribution in [0.5, 0.6) is 11.5 Å². The minimum atomic E-state index is -0.710. The van der Waals surface area contributed by atoms with Crippen LogP contribution in [0.15, 0.2) is 70.2 Å². The first-order chi connectivity index (χ1) is 17.0. The molecule has 2 aromatic heterocycles. The van der Waals surface area contributed by atoms with Crippen LogP contribution in [0.2, 0.25) is 0 Å². The molecule has 10 heteroatoms. The van der Waals surface area contributed by atoms with Crippen LogP contribution >= 0.6 is 11.3 Å². The summed E-state index contributed by atoms with van der Waals surface area (Å²) in [6, 6.07) is 13.9. The topological polar surface area (TPSA) is 89.7 Å². The van der Waals surface area contributed by atoms with Gasteiger partial charge in [0.2, 0.25) is 5.82 Å². The third kappa shape index (κ3) is 4.24. The Morgan fingerprint density at radius 3 is 2.51 bits per heavy atom. The number of anilines is 1. The molecule has 0 bridgehead atoms. The van der Waals surface area contributed by atoms with Crippen molar-refractivity contribution in [3.8, 4) is 22.2 Å². The summed E-state index contributed by atoms with van der Waals surface area (Å²) in [4.78, 5) is 20.3. The van der Waals surface area contributed by atoms with Crippen LogP contribution in [0.25, 0.3) is 16.3 Å². The number of methoxy groups -OCH3 is 2. The standard InChI is InChI=1S/C25H21FN4O4S/c1-14-21(24-28-23(29-34-24)20-8-5-9-35-20)22(15-6-4-7-16(26)10-15)27-25(31)30(14)17-11-18(32-2)13-19(12-17)33-3/h4-13,22H,1-3H3,(H,27,31). The van der Waals surface area contributed by atoms with Crippen molar-refractivity contribution in [2.24, 2.45) is 0 Å². The normalized spacial score (nSPS) is 15.8. The lowest BCUT2D eigenvalue weighted by molar-refractivity contribution is 0.244. The summed E-state index contributed by atoms with van der Waals surface area (Å²) in [6.45, 7) is 1.78. The number of carbonyl (C=O) groups is 1. The fraction of sp³-hybridized carbons (Fsp3) is 0.160. The van der Waals surface area contributed by atoms with Gasteiger partial charge in [0.1, 0.15) is 17.3 Å².